The molecule has 0 saturated heterocycles. The molecule has 0 bridgehead atoms. The highest BCUT2D eigenvalue weighted by atomic mass is 32.2. The van der Waals surface area contributed by atoms with Gasteiger partial charge in [0, 0.05) is 6.42 Å². The Morgan fingerprint density at radius 3 is 2.17 bits per heavy atom. The van der Waals surface area contributed by atoms with Gasteiger partial charge in [-0.05, 0) is 79.8 Å². The van der Waals surface area contributed by atoms with Crippen LogP contribution in [0.3, 0.4) is 0 Å². The van der Waals surface area contributed by atoms with E-state index in [1.165, 1.54) is 37.3 Å². The van der Waals surface area contributed by atoms with Crippen molar-refractivity contribution in [3.05, 3.63) is 82.9 Å². The number of benzene rings is 3. The van der Waals surface area contributed by atoms with E-state index in [2.05, 4.69) is 10.2 Å². The number of aliphatic hydroxyl groups excluding tert-OH is 1. The number of azo groups is 1. The predicted octanol–water partition coefficient (Wildman–Crippen LogP) is 5.92. The van der Waals surface area contributed by atoms with Crippen LogP contribution in [0.15, 0.2) is 75.8 Å². The number of hydrogen-bond acceptors (Lipinski definition) is 10. The molecule has 0 atom stereocenters. The highest BCUT2D eigenvalue weighted by Gasteiger charge is 2.17. The minimum atomic E-state index is -4.44. The molecular formula is C30H34N2O9S. The minimum Gasteiger partial charge on any atom is -0.466 e. The lowest BCUT2D eigenvalue weighted by Crippen LogP contribution is -2.11. The van der Waals surface area contributed by atoms with E-state index in [9.17, 15) is 32.8 Å². The molecule has 0 heterocycles. The van der Waals surface area contributed by atoms with Crippen molar-refractivity contribution in [2.75, 3.05) is 6.61 Å². The zero-order valence-electron chi connectivity index (χ0n) is 23.4. The van der Waals surface area contributed by atoms with Crippen molar-refractivity contribution in [2.45, 2.75) is 63.6 Å². The number of aryl methyl sites for hydroxylation is 2. The molecule has 0 fully saturated rings. The Kier molecular flexibility index (Phi) is 11.9. The zero-order valence-corrected chi connectivity index (χ0v) is 24.2. The molecule has 224 valence electrons. The number of ether oxygens (including phenoxy) is 2. The van der Waals surface area contributed by atoms with Crippen LogP contribution in [0.4, 0.5) is 11.4 Å². The van der Waals surface area contributed by atoms with E-state index in [-0.39, 0.29) is 39.1 Å². The molecule has 0 aliphatic heterocycles. The second kappa shape index (κ2) is 15.3. The Bertz CT molecular complexity index is 1520. The minimum absolute atomic E-state index is 0.0772. The van der Waals surface area contributed by atoms with Crippen LogP contribution in [0.5, 0.6) is 5.75 Å². The fraction of sp³-hybridized carbons (Fsp3) is 0.333. The van der Waals surface area contributed by atoms with Gasteiger partial charge in [-0.25, -0.2) is 4.79 Å². The Hall–Kier alpha value is -3.97. The lowest BCUT2D eigenvalue weighted by Gasteiger charge is -2.12. The molecule has 0 unspecified atom stereocenters. The summed E-state index contributed by atoms with van der Waals surface area (Å²) in [7, 11) is -4.44. The lowest BCUT2D eigenvalue weighted by atomic mass is 10.0. The molecule has 0 spiro atoms. The van der Waals surface area contributed by atoms with Crippen LogP contribution in [-0.4, -0.2) is 41.7 Å². The molecule has 42 heavy (non-hydrogen) atoms. The predicted molar refractivity (Wildman–Crippen MR) is 154 cm³/mol. The van der Waals surface area contributed by atoms with Gasteiger partial charge in [0.15, 0.2) is 6.29 Å². The number of unbranched alkanes of at least 4 members (excludes halogenated alkanes) is 3. The molecule has 3 rings (SSSR count). The van der Waals surface area contributed by atoms with Gasteiger partial charge >= 0.3 is 11.9 Å². The first-order chi connectivity index (χ1) is 20.0. The first kappa shape index (κ1) is 32.5. The number of aliphatic hydroxyl groups is 2. The van der Waals surface area contributed by atoms with E-state index in [1.54, 1.807) is 19.1 Å². The smallest absolute Gasteiger partial charge is 0.343 e. The quantitative estimate of drug-likeness (QED) is 0.0509. The number of hydrogen-bond donors (Lipinski definition) is 3. The maximum Gasteiger partial charge on any atom is 0.343 e. The van der Waals surface area contributed by atoms with Gasteiger partial charge in [-0.15, -0.1) is 0 Å². The van der Waals surface area contributed by atoms with Crippen molar-refractivity contribution in [1.29, 1.82) is 0 Å². The van der Waals surface area contributed by atoms with Gasteiger partial charge in [-0.1, -0.05) is 38.0 Å². The summed E-state index contributed by atoms with van der Waals surface area (Å²) in [5.74, 6) is -0.945. The van der Waals surface area contributed by atoms with Crippen molar-refractivity contribution >= 4 is 33.4 Å². The molecule has 0 aromatic heterocycles. The van der Waals surface area contributed by atoms with Gasteiger partial charge in [0.2, 0.25) is 0 Å². The number of carbonyl (C=O) groups is 2. The van der Waals surface area contributed by atoms with E-state index >= 15 is 0 Å². The van der Waals surface area contributed by atoms with E-state index < -0.39 is 22.4 Å². The second-order valence-corrected chi connectivity index (χ2v) is 10.9. The molecule has 3 N–H and O–H groups in total. The molecule has 0 aliphatic rings. The van der Waals surface area contributed by atoms with Crippen molar-refractivity contribution in [3.8, 4) is 5.75 Å². The molecule has 0 saturated carbocycles. The van der Waals surface area contributed by atoms with Crippen molar-refractivity contribution in [1.82, 2.24) is 0 Å². The highest BCUT2D eigenvalue weighted by molar-refractivity contribution is 7.85. The topological polar surface area (TPSA) is 172 Å². The van der Waals surface area contributed by atoms with E-state index in [0.717, 1.165) is 43.7 Å². The van der Waals surface area contributed by atoms with E-state index in [1.807, 2.05) is 12.1 Å². The summed E-state index contributed by atoms with van der Waals surface area (Å²) in [5, 5.41) is 27.6. The largest absolute Gasteiger partial charge is 0.466 e. The normalized spacial score (nSPS) is 11.7. The molecule has 11 nitrogen and oxygen atoms in total. The molecule has 0 aliphatic carbocycles. The summed E-state index contributed by atoms with van der Waals surface area (Å²) in [4.78, 5) is 23.6. The highest BCUT2D eigenvalue weighted by Crippen LogP contribution is 2.31. The average Bonchev–Trinajstić information content (AvgIpc) is 2.96. The van der Waals surface area contributed by atoms with Crippen molar-refractivity contribution < 1.29 is 42.2 Å². The van der Waals surface area contributed by atoms with Crippen LogP contribution in [-0.2, 0) is 26.1 Å². The third-order valence-electron chi connectivity index (χ3n) is 6.31. The molecular weight excluding hydrogens is 564 g/mol. The van der Waals surface area contributed by atoms with Crippen molar-refractivity contribution in [3.63, 3.8) is 0 Å². The number of rotatable bonds is 14. The number of nitrogens with zero attached hydrogens (tertiary/aromatic N) is 2. The van der Waals surface area contributed by atoms with Gasteiger partial charge < -0.3 is 19.7 Å². The molecule has 3 aromatic rings. The third-order valence-corrected chi connectivity index (χ3v) is 7.30. The summed E-state index contributed by atoms with van der Waals surface area (Å²) in [6.45, 7) is 3.73. The van der Waals surface area contributed by atoms with Crippen molar-refractivity contribution in [2.24, 2.45) is 10.2 Å². The monoisotopic (exact) mass is 598 g/mol. The second-order valence-electron chi connectivity index (χ2n) is 9.55. The zero-order chi connectivity index (χ0) is 30.7. The maximum absolute atomic E-state index is 12.7. The van der Waals surface area contributed by atoms with Gasteiger partial charge in [-0.2, -0.15) is 18.6 Å². The first-order valence-electron chi connectivity index (χ1n) is 13.4. The molecule has 12 heteroatoms. The Morgan fingerprint density at radius 2 is 1.52 bits per heavy atom. The summed E-state index contributed by atoms with van der Waals surface area (Å²) in [6.07, 6.45) is 2.98. The van der Waals surface area contributed by atoms with Crippen LogP contribution in [0.25, 0.3) is 0 Å². The Balaban J connectivity index is 1.59. The van der Waals surface area contributed by atoms with E-state index in [4.69, 9.17) is 9.47 Å². The molecule has 3 aromatic carbocycles. The fourth-order valence-electron chi connectivity index (χ4n) is 3.98. The van der Waals surface area contributed by atoms with Crippen LogP contribution >= 0.6 is 0 Å². The van der Waals surface area contributed by atoms with Gasteiger partial charge in [0.25, 0.3) is 10.1 Å². The van der Waals surface area contributed by atoms with E-state index in [0.29, 0.717) is 18.6 Å². The summed E-state index contributed by atoms with van der Waals surface area (Å²) in [5.41, 5.74) is 1.88. The summed E-state index contributed by atoms with van der Waals surface area (Å²) >= 11 is 0. The SMILES string of the molecule is CCC(=O)OCCCCCCc1ccc(C(=O)Oc2ccc(N=Nc3ccc(C)c(S(=O)(=O)O)c3)cc2C(O)O)cc1. The Morgan fingerprint density at radius 1 is 0.881 bits per heavy atom. The number of carbonyl (C=O) groups excluding carboxylic acids is 2. The van der Waals surface area contributed by atoms with Gasteiger partial charge in [0.05, 0.1) is 34.0 Å². The summed E-state index contributed by atoms with van der Waals surface area (Å²) in [6, 6.07) is 15.1. The lowest BCUT2D eigenvalue weighted by molar-refractivity contribution is -0.143. The van der Waals surface area contributed by atoms with Crippen LogP contribution < -0.4 is 4.74 Å². The first-order valence-corrected chi connectivity index (χ1v) is 14.9. The summed E-state index contributed by atoms with van der Waals surface area (Å²) < 4.78 is 42.9. The van der Waals surface area contributed by atoms with Gasteiger partial charge in [0.1, 0.15) is 5.75 Å². The average molecular weight is 599 g/mol. The standard InChI is InChI=1S/C30H34N2O9S/c1-3-28(33)40-17-7-5-4-6-8-21-10-12-22(13-11-21)30(36)41-26-16-15-23(18-25(26)29(34)35)31-32-24-14-9-20(2)27(19-24)42(37,38)39/h9-16,18-19,29,34-35H,3-8,17H2,1-2H3,(H,37,38,39). The van der Waals surface area contributed by atoms with Gasteiger partial charge in [-0.3, -0.25) is 9.35 Å². The third kappa shape index (κ3) is 9.84. The molecule has 0 amide bonds. The maximum atomic E-state index is 12.7. The molecule has 0 radical (unpaired) electrons. The fourth-order valence-corrected chi connectivity index (χ4v) is 4.72. The van der Waals surface area contributed by atoms with Crippen LogP contribution in [0.2, 0.25) is 0 Å². The van der Waals surface area contributed by atoms with Crippen LogP contribution in [0, 0.1) is 6.92 Å². The number of esters is 2. The van der Waals surface area contributed by atoms with Crippen LogP contribution in [0.1, 0.15) is 72.4 Å². The Labute approximate surface area is 244 Å².